The molecule has 0 bridgehead atoms. The maximum atomic E-state index is 12.4. The van der Waals surface area contributed by atoms with Crippen molar-refractivity contribution < 1.29 is 9.59 Å². The zero-order chi connectivity index (χ0) is 15.0. The molecule has 1 unspecified atom stereocenters. The van der Waals surface area contributed by atoms with Gasteiger partial charge in [-0.2, -0.15) is 0 Å². The molecule has 3 rings (SSSR count). The molecule has 0 spiro atoms. The van der Waals surface area contributed by atoms with Crippen molar-refractivity contribution in [1.82, 2.24) is 15.5 Å². The summed E-state index contributed by atoms with van der Waals surface area (Å²) in [5.41, 5.74) is 0. The van der Waals surface area contributed by atoms with E-state index in [1.165, 1.54) is 11.3 Å². The normalized spacial score (nSPS) is 24.5. The minimum atomic E-state index is -0.481. The van der Waals surface area contributed by atoms with Crippen LogP contribution in [-0.4, -0.2) is 48.9 Å². The molecule has 122 valence electrons. The third kappa shape index (κ3) is 3.64. The number of halogens is 2. The van der Waals surface area contributed by atoms with Crippen LogP contribution in [0, 0.1) is 11.8 Å². The molecule has 3 atom stereocenters. The zero-order valence-corrected chi connectivity index (χ0v) is 15.4. The Morgan fingerprint density at radius 1 is 1.36 bits per heavy atom. The van der Waals surface area contributed by atoms with Gasteiger partial charge in [-0.25, -0.2) is 0 Å². The fourth-order valence-electron chi connectivity index (χ4n) is 3.08. The molecule has 0 aromatic carbocycles. The lowest BCUT2D eigenvalue weighted by Gasteiger charge is -2.22. The van der Waals surface area contributed by atoms with E-state index in [-0.39, 0.29) is 24.2 Å². The summed E-state index contributed by atoms with van der Waals surface area (Å²) < 4.78 is 0.909. The van der Waals surface area contributed by atoms with Crippen LogP contribution in [-0.2, 0) is 4.79 Å². The third-order valence-corrected chi connectivity index (χ3v) is 5.84. The monoisotopic (exact) mass is 407 g/mol. The van der Waals surface area contributed by atoms with Gasteiger partial charge in [0.05, 0.1) is 8.66 Å². The Labute approximate surface area is 148 Å². The van der Waals surface area contributed by atoms with Crippen LogP contribution in [0.15, 0.2) is 15.9 Å². The van der Waals surface area contributed by atoms with Crippen LogP contribution in [0.3, 0.4) is 0 Å². The number of nitrogens with zero attached hydrogens (tertiary/aromatic N) is 1. The predicted octanol–water partition coefficient (Wildman–Crippen LogP) is 1.73. The molecular weight excluding hydrogens is 390 g/mol. The number of amides is 2. The van der Waals surface area contributed by atoms with Crippen LogP contribution in [0.2, 0.25) is 0 Å². The van der Waals surface area contributed by atoms with E-state index in [1.54, 1.807) is 13.0 Å². The number of rotatable bonds is 3. The molecule has 3 heterocycles. The maximum absolute atomic E-state index is 12.4. The van der Waals surface area contributed by atoms with E-state index in [9.17, 15) is 9.59 Å². The molecule has 0 saturated carbocycles. The first-order chi connectivity index (χ1) is 10.0. The van der Waals surface area contributed by atoms with Gasteiger partial charge in [-0.15, -0.1) is 23.7 Å². The minimum absolute atomic E-state index is 0. The van der Waals surface area contributed by atoms with Crippen molar-refractivity contribution in [2.24, 2.45) is 11.8 Å². The van der Waals surface area contributed by atoms with Crippen LogP contribution in [0.4, 0.5) is 0 Å². The van der Waals surface area contributed by atoms with Crippen molar-refractivity contribution in [3.8, 4) is 0 Å². The number of nitrogens with one attached hydrogen (secondary N) is 2. The molecule has 0 aliphatic carbocycles. The fraction of sp³-hybridized carbons (Fsp3) is 0.571. The van der Waals surface area contributed by atoms with Gasteiger partial charge in [0.25, 0.3) is 5.91 Å². The standard InChI is InChI=1S/C14H18BrN3O2S.ClH/c1-8(17-13(19)11-2-3-12(15)21-11)14(20)18-6-9-4-16-5-10(9)7-18;/h2-3,8-10,16H,4-7H2,1H3,(H,17,19);1H/t8?,9-,10+;. The van der Waals surface area contributed by atoms with Crippen LogP contribution in [0.25, 0.3) is 0 Å². The quantitative estimate of drug-likeness (QED) is 0.801. The van der Waals surface area contributed by atoms with Gasteiger partial charge in [-0.1, -0.05) is 0 Å². The van der Waals surface area contributed by atoms with Gasteiger partial charge >= 0.3 is 0 Å². The molecule has 2 aliphatic rings. The number of carbonyl (C=O) groups is 2. The van der Waals surface area contributed by atoms with Gasteiger partial charge in [0.15, 0.2) is 0 Å². The maximum Gasteiger partial charge on any atom is 0.262 e. The molecule has 0 radical (unpaired) electrons. The Balaban J connectivity index is 0.00000176. The fourth-order valence-corrected chi connectivity index (χ4v) is 4.36. The van der Waals surface area contributed by atoms with Crippen molar-refractivity contribution in [1.29, 1.82) is 0 Å². The van der Waals surface area contributed by atoms with Gasteiger partial charge in [-0.05, 0) is 46.8 Å². The molecule has 2 N–H and O–H groups in total. The average molecular weight is 409 g/mol. The Morgan fingerprint density at radius 2 is 2.00 bits per heavy atom. The number of hydrogen-bond acceptors (Lipinski definition) is 4. The lowest BCUT2D eigenvalue weighted by Crippen LogP contribution is -2.46. The van der Waals surface area contributed by atoms with Gasteiger partial charge < -0.3 is 15.5 Å². The molecule has 2 amide bonds. The van der Waals surface area contributed by atoms with E-state index in [2.05, 4.69) is 26.6 Å². The van der Waals surface area contributed by atoms with Crippen molar-refractivity contribution in [2.45, 2.75) is 13.0 Å². The zero-order valence-electron chi connectivity index (χ0n) is 12.2. The highest BCUT2D eigenvalue weighted by Gasteiger charge is 2.39. The molecule has 2 fully saturated rings. The number of thiophene rings is 1. The Hall–Kier alpha value is -0.630. The van der Waals surface area contributed by atoms with E-state index in [1.807, 2.05) is 11.0 Å². The van der Waals surface area contributed by atoms with E-state index in [0.29, 0.717) is 16.7 Å². The first kappa shape index (κ1) is 17.7. The molecule has 8 heteroatoms. The second-order valence-electron chi connectivity index (χ2n) is 5.72. The topological polar surface area (TPSA) is 61.4 Å². The smallest absolute Gasteiger partial charge is 0.262 e. The summed E-state index contributed by atoms with van der Waals surface area (Å²) in [4.78, 5) is 27.0. The van der Waals surface area contributed by atoms with Crippen LogP contribution < -0.4 is 10.6 Å². The summed E-state index contributed by atoms with van der Waals surface area (Å²) in [5, 5.41) is 6.15. The molecule has 2 aliphatic heterocycles. The van der Waals surface area contributed by atoms with E-state index < -0.39 is 6.04 Å². The number of likely N-dealkylation sites (tertiary alicyclic amines) is 1. The number of hydrogen-bond donors (Lipinski definition) is 2. The first-order valence-electron chi connectivity index (χ1n) is 7.10. The van der Waals surface area contributed by atoms with Crippen molar-refractivity contribution >= 4 is 51.5 Å². The van der Waals surface area contributed by atoms with Crippen LogP contribution in [0.5, 0.6) is 0 Å². The molecule has 22 heavy (non-hydrogen) atoms. The van der Waals surface area contributed by atoms with Gasteiger partial charge in [0.2, 0.25) is 5.91 Å². The Kier molecular flexibility index (Phi) is 5.87. The molecule has 5 nitrogen and oxygen atoms in total. The van der Waals surface area contributed by atoms with Crippen molar-refractivity contribution in [2.75, 3.05) is 26.2 Å². The van der Waals surface area contributed by atoms with Crippen molar-refractivity contribution in [3.63, 3.8) is 0 Å². The third-order valence-electron chi connectivity index (χ3n) is 4.22. The molecular formula is C14H19BrClN3O2S. The van der Waals surface area contributed by atoms with Gasteiger partial charge in [0, 0.05) is 26.2 Å². The molecule has 2 saturated heterocycles. The second-order valence-corrected chi connectivity index (χ2v) is 8.18. The summed E-state index contributed by atoms with van der Waals surface area (Å²) >= 11 is 4.70. The van der Waals surface area contributed by atoms with Gasteiger partial charge in [0.1, 0.15) is 6.04 Å². The van der Waals surface area contributed by atoms with Gasteiger partial charge in [-0.3, -0.25) is 9.59 Å². The first-order valence-corrected chi connectivity index (χ1v) is 8.71. The Bertz CT molecular complexity index is 556. The lowest BCUT2D eigenvalue weighted by atomic mass is 10.0. The van der Waals surface area contributed by atoms with E-state index >= 15 is 0 Å². The Morgan fingerprint density at radius 3 is 2.55 bits per heavy atom. The minimum Gasteiger partial charge on any atom is -0.340 e. The highest BCUT2D eigenvalue weighted by Crippen LogP contribution is 2.27. The highest BCUT2D eigenvalue weighted by molar-refractivity contribution is 9.11. The van der Waals surface area contributed by atoms with E-state index in [0.717, 1.165) is 30.0 Å². The van der Waals surface area contributed by atoms with Crippen molar-refractivity contribution in [3.05, 3.63) is 20.8 Å². The summed E-state index contributed by atoms with van der Waals surface area (Å²) in [6.45, 7) is 5.37. The lowest BCUT2D eigenvalue weighted by molar-refractivity contribution is -0.132. The van der Waals surface area contributed by atoms with E-state index in [4.69, 9.17) is 0 Å². The molecule has 1 aromatic heterocycles. The largest absolute Gasteiger partial charge is 0.340 e. The summed E-state index contributed by atoms with van der Waals surface area (Å²) in [7, 11) is 0. The van der Waals surface area contributed by atoms with Crippen LogP contribution in [0.1, 0.15) is 16.6 Å². The number of carbonyl (C=O) groups excluding carboxylic acids is 2. The highest BCUT2D eigenvalue weighted by atomic mass is 79.9. The summed E-state index contributed by atoms with van der Waals surface area (Å²) in [6, 6.07) is 3.11. The summed E-state index contributed by atoms with van der Waals surface area (Å²) in [6.07, 6.45) is 0. The average Bonchev–Trinajstić information content (AvgIpc) is 3.12. The summed E-state index contributed by atoms with van der Waals surface area (Å²) in [5.74, 6) is 0.983. The van der Waals surface area contributed by atoms with Crippen LogP contribution >= 0.6 is 39.7 Å². The molecule has 1 aromatic rings. The number of fused-ring (bicyclic) bond motifs is 1. The SMILES string of the molecule is CC(NC(=O)c1ccc(Br)s1)C(=O)N1C[C@H]2CNC[C@H]2C1.Cl. The second kappa shape index (κ2) is 7.29. The predicted molar refractivity (Wildman–Crippen MR) is 92.6 cm³/mol.